The number of carbonyl (C=O) groups excluding carboxylic acids is 3. The van der Waals surface area contributed by atoms with E-state index in [-0.39, 0.29) is 29.9 Å². The molecule has 0 radical (unpaired) electrons. The number of esters is 1. The summed E-state index contributed by atoms with van der Waals surface area (Å²) in [5, 5.41) is 6.34. The molecule has 1 heterocycles. The molecule has 0 saturated carbocycles. The Balaban J connectivity index is 1.79. The van der Waals surface area contributed by atoms with Gasteiger partial charge < -0.3 is 15.4 Å². The molecule has 0 spiro atoms. The van der Waals surface area contributed by atoms with Crippen LogP contribution >= 0.6 is 34.7 Å². The van der Waals surface area contributed by atoms with Gasteiger partial charge in [-0.25, -0.2) is 9.78 Å². The molecule has 0 aliphatic carbocycles. The number of hydrogen-bond donors (Lipinski definition) is 2. The smallest absolute Gasteiger partial charge is 0.350 e. The summed E-state index contributed by atoms with van der Waals surface area (Å²) in [5.74, 6) is -0.759. The molecule has 7 nitrogen and oxygen atoms in total. The number of thioether (sulfide) groups is 1. The largest absolute Gasteiger partial charge is 0.462 e. The Morgan fingerprint density at radius 3 is 2.50 bits per heavy atom. The van der Waals surface area contributed by atoms with Crippen LogP contribution in [0.2, 0.25) is 5.02 Å². The number of aromatic nitrogens is 1. The molecule has 0 unspecified atom stereocenters. The van der Waals surface area contributed by atoms with Crippen LogP contribution in [0, 0.1) is 13.8 Å². The van der Waals surface area contributed by atoms with Gasteiger partial charge in [-0.05, 0) is 44.5 Å². The molecule has 28 heavy (non-hydrogen) atoms. The summed E-state index contributed by atoms with van der Waals surface area (Å²) in [6, 6.07) is 5.20. The molecule has 0 atom stereocenters. The number of carbonyl (C=O) groups is 3. The van der Waals surface area contributed by atoms with Crippen molar-refractivity contribution in [1.29, 1.82) is 0 Å². The Kier molecular flexibility index (Phi) is 8.28. The predicted molar refractivity (Wildman–Crippen MR) is 114 cm³/mol. The number of hydrogen-bond acceptors (Lipinski definition) is 7. The molecule has 0 bridgehead atoms. The number of amides is 2. The van der Waals surface area contributed by atoms with Crippen LogP contribution in [0.5, 0.6) is 0 Å². The van der Waals surface area contributed by atoms with Gasteiger partial charge in [0, 0.05) is 10.7 Å². The topological polar surface area (TPSA) is 97.4 Å². The Morgan fingerprint density at radius 2 is 1.86 bits per heavy atom. The molecular weight excluding hydrogens is 422 g/mol. The number of thiazole rings is 1. The Hall–Kier alpha value is -2.10. The summed E-state index contributed by atoms with van der Waals surface area (Å²) in [6.45, 7) is 5.52. The first-order valence-corrected chi connectivity index (χ1v) is 10.7. The number of nitrogens with one attached hydrogen (secondary N) is 2. The fraction of sp³-hybridized carbons (Fsp3) is 0.333. The zero-order valence-electron chi connectivity index (χ0n) is 15.6. The van der Waals surface area contributed by atoms with Gasteiger partial charge in [0.05, 0.1) is 23.8 Å². The lowest BCUT2D eigenvalue weighted by atomic mass is 10.2. The second-order valence-electron chi connectivity index (χ2n) is 5.70. The molecular formula is C18H20ClN3O4S2. The van der Waals surface area contributed by atoms with Crippen molar-refractivity contribution < 1.29 is 19.1 Å². The second kappa shape index (κ2) is 10.4. The van der Waals surface area contributed by atoms with Gasteiger partial charge in [-0.15, -0.1) is 11.8 Å². The van der Waals surface area contributed by atoms with E-state index in [0.717, 1.165) is 16.9 Å². The molecule has 0 aliphatic heterocycles. The minimum atomic E-state index is -0.457. The van der Waals surface area contributed by atoms with E-state index in [1.807, 2.05) is 6.92 Å². The highest BCUT2D eigenvalue weighted by atomic mass is 35.5. The van der Waals surface area contributed by atoms with Crippen molar-refractivity contribution in [1.82, 2.24) is 4.98 Å². The minimum absolute atomic E-state index is 0.0837. The van der Waals surface area contributed by atoms with E-state index < -0.39 is 5.97 Å². The molecule has 0 aliphatic rings. The monoisotopic (exact) mass is 441 g/mol. The van der Waals surface area contributed by atoms with Crippen LogP contribution in [0.3, 0.4) is 0 Å². The van der Waals surface area contributed by atoms with Crippen molar-refractivity contribution in [3.63, 3.8) is 0 Å². The van der Waals surface area contributed by atoms with Gasteiger partial charge in [0.25, 0.3) is 0 Å². The lowest BCUT2D eigenvalue weighted by molar-refractivity contribution is -0.114. The normalized spacial score (nSPS) is 10.4. The van der Waals surface area contributed by atoms with Crippen LogP contribution < -0.4 is 10.6 Å². The maximum absolute atomic E-state index is 12.0. The maximum atomic E-state index is 12.0. The molecule has 2 rings (SSSR count). The van der Waals surface area contributed by atoms with Crippen LogP contribution in [0.4, 0.5) is 10.8 Å². The third-order valence-corrected chi connectivity index (χ3v) is 5.65. The van der Waals surface area contributed by atoms with Crippen LogP contribution in [-0.2, 0) is 14.3 Å². The highest BCUT2D eigenvalue weighted by Gasteiger charge is 2.17. The first-order valence-electron chi connectivity index (χ1n) is 8.38. The summed E-state index contributed by atoms with van der Waals surface area (Å²) in [6.07, 6.45) is 0. The van der Waals surface area contributed by atoms with E-state index in [2.05, 4.69) is 15.6 Å². The number of benzene rings is 1. The molecule has 2 amide bonds. The third kappa shape index (κ3) is 6.50. The lowest BCUT2D eigenvalue weighted by Crippen LogP contribution is -2.18. The van der Waals surface area contributed by atoms with Crippen molar-refractivity contribution >= 4 is 63.3 Å². The highest BCUT2D eigenvalue weighted by molar-refractivity contribution is 8.00. The predicted octanol–water partition coefficient (Wildman–Crippen LogP) is 3.90. The van der Waals surface area contributed by atoms with Crippen molar-refractivity contribution in [2.45, 2.75) is 20.8 Å². The van der Waals surface area contributed by atoms with E-state index in [1.54, 1.807) is 32.0 Å². The van der Waals surface area contributed by atoms with Gasteiger partial charge in [0.15, 0.2) is 5.13 Å². The van der Waals surface area contributed by atoms with Gasteiger partial charge >= 0.3 is 5.97 Å². The summed E-state index contributed by atoms with van der Waals surface area (Å²) in [4.78, 5) is 40.4. The molecule has 0 fully saturated rings. The number of rotatable bonds is 8. The van der Waals surface area contributed by atoms with E-state index >= 15 is 0 Å². The van der Waals surface area contributed by atoms with Crippen LogP contribution in [-0.4, -0.2) is 40.9 Å². The first-order chi connectivity index (χ1) is 13.3. The number of halogens is 1. The lowest BCUT2D eigenvalue weighted by Gasteiger charge is -2.08. The second-order valence-corrected chi connectivity index (χ2v) is 8.12. The SMILES string of the molecule is CCOC(=O)c1sc(NC(=O)CSCC(=O)Nc2ccc(Cl)cc2C)nc1C. The average molecular weight is 442 g/mol. The fourth-order valence-electron chi connectivity index (χ4n) is 2.18. The van der Waals surface area contributed by atoms with Crippen molar-refractivity contribution in [3.8, 4) is 0 Å². The van der Waals surface area contributed by atoms with Gasteiger partial charge in [-0.3, -0.25) is 9.59 Å². The Bertz CT molecular complexity index is 886. The van der Waals surface area contributed by atoms with Gasteiger partial charge in [0.1, 0.15) is 4.88 Å². The average Bonchev–Trinajstić information content (AvgIpc) is 2.98. The molecule has 2 aromatic rings. The number of aryl methyl sites for hydroxylation is 2. The van der Waals surface area contributed by atoms with Crippen LogP contribution in [0.15, 0.2) is 18.2 Å². The van der Waals surface area contributed by atoms with Gasteiger partial charge in [0.2, 0.25) is 11.8 Å². The summed E-state index contributed by atoms with van der Waals surface area (Å²) in [5.41, 5.74) is 2.05. The van der Waals surface area contributed by atoms with E-state index in [9.17, 15) is 14.4 Å². The number of anilines is 2. The van der Waals surface area contributed by atoms with E-state index in [0.29, 0.717) is 26.4 Å². The van der Waals surface area contributed by atoms with Crippen molar-refractivity contribution in [2.24, 2.45) is 0 Å². The standard InChI is InChI=1S/C18H20ClN3O4S2/c1-4-26-17(25)16-11(3)20-18(28-16)22-15(24)9-27-8-14(23)21-13-6-5-12(19)7-10(13)2/h5-7H,4,8-9H2,1-3H3,(H,21,23)(H,20,22,24). The van der Waals surface area contributed by atoms with Crippen LogP contribution in [0.25, 0.3) is 0 Å². The Morgan fingerprint density at radius 1 is 1.18 bits per heavy atom. The minimum Gasteiger partial charge on any atom is -0.462 e. The molecule has 10 heteroatoms. The summed E-state index contributed by atoms with van der Waals surface area (Å²) < 4.78 is 4.94. The van der Waals surface area contributed by atoms with E-state index in [4.69, 9.17) is 16.3 Å². The fourth-order valence-corrected chi connectivity index (χ4v) is 3.90. The van der Waals surface area contributed by atoms with Gasteiger partial charge in [-0.2, -0.15) is 0 Å². The number of ether oxygens (including phenoxy) is 1. The van der Waals surface area contributed by atoms with Gasteiger partial charge in [-0.1, -0.05) is 22.9 Å². The Labute approximate surface area is 176 Å². The van der Waals surface area contributed by atoms with Crippen molar-refractivity contribution in [2.75, 3.05) is 28.7 Å². The highest BCUT2D eigenvalue weighted by Crippen LogP contribution is 2.24. The van der Waals surface area contributed by atoms with E-state index in [1.165, 1.54) is 11.8 Å². The number of nitrogens with zero attached hydrogens (tertiary/aromatic N) is 1. The molecule has 1 aromatic heterocycles. The summed E-state index contributed by atoms with van der Waals surface area (Å²) in [7, 11) is 0. The molecule has 1 aromatic carbocycles. The molecule has 2 N–H and O–H groups in total. The zero-order chi connectivity index (χ0) is 20.7. The third-order valence-electron chi connectivity index (χ3n) is 3.43. The molecule has 150 valence electrons. The zero-order valence-corrected chi connectivity index (χ0v) is 18.0. The quantitative estimate of drug-likeness (QED) is 0.603. The molecule has 0 saturated heterocycles. The maximum Gasteiger partial charge on any atom is 0.350 e. The van der Waals surface area contributed by atoms with Crippen LogP contribution in [0.1, 0.15) is 27.9 Å². The van der Waals surface area contributed by atoms with Crippen molar-refractivity contribution in [3.05, 3.63) is 39.4 Å². The first kappa shape index (κ1) is 22.2. The summed E-state index contributed by atoms with van der Waals surface area (Å²) >= 11 is 8.13.